The second-order valence-electron chi connectivity index (χ2n) is 5.18. The number of nitrogen functional groups attached to an aromatic ring is 1. The van der Waals surface area contributed by atoms with Crippen molar-refractivity contribution in [2.45, 2.75) is 36.9 Å². The molecule has 102 valence electrons. The molecule has 1 fully saturated rings. The zero-order valence-corrected chi connectivity index (χ0v) is 12.2. The zero-order chi connectivity index (χ0) is 13.7. The van der Waals surface area contributed by atoms with Crippen LogP contribution in [-0.4, -0.2) is 17.5 Å². The summed E-state index contributed by atoms with van der Waals surface area (Å²) in [5.74, 6) is 0. The number of nitriles is 1. The van der Waals surface area contributed by atoms with Crippen molar-refractivity contribution >= 4 is 23.1 Å². The van der Waals surface area contributed by atoms with Crippen LogP contribution in [0.15, 0.2) is 18.2 Å². The Morgan fingerprint density at radius 1 is 1.37 bits per heavy atom. The third-order valence-corrected chi connectivity index (χ3v) is 5.44. The number of anilines is 2. The highest BCUT2D eigenvalue weighted by atomic mass is 32.2. The number of thioether (sulfide) groups is 1. The predicted octanol–water partition coefficient (Wildman–Crippen LogP) is 3.62. The average Bonchev–Trinajstić information content (AvgIpc) is 2.47. The van der Waals surface area contributed by atoms with E-state index in [0.29, 0.717) is 16.0 Å². The second-order valence-corrected chi connectivity index (χ2v) is 6.45. The maximum Gasteiger partial charge on any atom is 0.101 e. The standard InChI is InChI=1S/C15H21N3S/c1-19-15(8-3-2-4-9-15)11-18-13-7-5-6-12(10-16)14(13)17/h5-7,18H,2-4,8-9,11,17H2,1H3. The van der Waals surface area contributed by atoms with Gasteiger partial charge in [0.2, 0.25) is 0 Å². The highest BCUT2D eigenvalue weighted by Gasteiger charge is 2.30. The van der Waals surface area contributed by atoms with Crippen LogP contribution in [0.1, 0.15) is 37.7 Å². The van der Waals surface area contributed by atoms with E-state index in [1.165, 1.54) is 32.1 Å². The number of rotatable bonds is 4. The molecule has 19 heavy (non-hydrogen) atoms. The summed E-state index contributed by atoms with van der Waals surface area (Å²) in [5, 5.41) is 12.4. The molecule has 1 aliphatic rings. The van der Waals surface area contributed by atoms with Gasteiger partial charge in [-0.3, -0.25) is 0 Å². The topological polar surface area (TPSA) is 61.8 Å². The van der Waals surface area contributed by atoms with Crippen LogP contribution in [0.2, 0.25) is 0 Å². The fourth-order valence-electron chi connectivity index (χ4n) is 2.72. The molecule has 1 aromatic rings. The molecule has 0 aliphatic heterocycles. The third kappa shape index (κ3) is 3.16. The van der Waals surface area contributed by atoms with Gasteiger partial charge < -0.3 is 11.1 Å². The lowest BCUT2D eigenvalue weighted by Crippen LogP contribution is -2.35. The summed E-state index contributed by atoms with van der Waals surface area (Å²) in [6, 6.07) is 7.71. The van der Waals surface area contributed by atoms with Crippen LogP contribution in [-0.2, 0) is 0 Å². The molecule has 2 rings (SSSR count). The van der Waals surface area contributed by atoms with Gasteiger partial charge >= 0.3 is 0 Å². The number of hydrogen-bond donors (Lipinski definition) is 2. The Labute approximate surface area is 119 Å². The van der Waals surface area contributed by atoms with Gasteiger partial charge in [0.1, 0.15) is 6.07 Å². The van der Waals surface area contributed by atoms with E-state index in [-0.39, 0.29) is 0 Å². The lowest BCUT2D eigenvalue weighted by molar-refractivity contribution is 0.411. The smallest absolute Gasteiger partial charge is 0.101 e. The molecule has 0 bridgehead atoms. The van der Waals surface area contributed by atoms with Crippen LogP contribution in [0.5, 0.6) is 0 Å². The van der Waals surface area contributed by atoms with Crippen molar-refractivity contribution in [2.75, 3.05) is 23.9 Å². The van der Waals surface area contributed by atoms with Crippen molar-refractivity contribution in [1.29, 1.82) is 5.26 Å². The molecule has 0 aromatic heterocycles. The fourth-order valence-corrected chi connectivity index (χ4v) is 3.64. The van der Waals surface area contributed by atoms with Crippen molar-refractivity contribution in [1.82, 2.24) is 0 Å². The minimum Gasteiger partial charge on any atom is -0.396 e. The fraction of sp³-hybridized carbons (Fsp3) is 0.533. The maximum absolute atomic E-state index is 8.99. The van der Waals surface area contributed by atoms with Gasteiger partial charge in [-0.25, -0.2) is 0 Å². The largest absolute Gasteiger partial charge is 0.396 e. The normalized spacial score (nSPS) is 17.7. The molecule has 1 aromatic carbocycles. The van der Waals surface area contributed by atoms with Crippen LogP contribution in [0.25, 0.3) is 0 Å². The monoisotopic (exact) mass is 275 g/mol. The first-order valence-electron chi connectivity index (χ1n) is 6.78. The summed E-state index contributed by atoms with van der Waals surface area (Å²) in [4.78, 5) is 0. The summed E-state index contributed by atoms with van der Waals surface area (Å²) in [6.07, 6.45) is 8.71. The first kappa shape index (κ1) is 14.1. The Balaban J connectivity index is 2.07. The van der Waals surface area contributed by atoms with Crippen molar-refractivity contribution in [2.24, 2.45) is 0 Å². The van der Waals surface area contributed by atoms with Gasteiger partial charge in [0.05, 0.1) is 16.9 Å². The average molecular weight is 275 g/mol. The number of hydrogen-bond acceptors (Lipinski definition) is 4. The van der Waals surface area contributed by atoms with Gasteiger partial charge in [0.15, 0.2) is 0 Å². The quantitative estimate of drug-likeness (QED) is 0.824. The predicted molar refractivity (Wildman–Crippen MR) is 83.4 cm³/mol. The van der Waals surface area contributed by atoms with Crippen molar-refractivity contribution < 1.29 is 0 Å². The van der Waals surface area contributed by atoms with Gasteiger partial charge in [-0.15, -0.1) is 0 Å². The molecule has 1 aliphatic carbocycles. The molecule has 0 radical (unpaired) electrons. The van der Waals surface area contributed by atoms with E-state index < -0.39 is 0 Å². The third-order valence-electron chi connectivity index (χ3n) is 4.03. The molecule has 0 heterocycles. The van der Waals surface area contributed by atoms with Gasteiger partial charge in [0, 0.05) is 11.3 Å². The molecule has 0 spiro atoms. The number of para-hydroxylation sites is 1. The molecule has 3 N–H and O–H groups in total. The first-order chi connectivity index (χ1) is 9.21. The zero-order valence-electron chi connectivity index (χ0n) is 11.4. The summed E-state index contributed by atoms with van der Waals surface area (Å²) >= 11 is 1.96. The van der Waals surface area contributed by atoms with E-state index in [9.17, 15) is 0 Å². The highest BCUT2D eigenvalue weighted by Crippen LogP contribution is 2.39. The Morgan fingerprint density at radius 3 is 2.74 bits per heavy atom. The molecular formula is C15H21N3S. The number of nitrogens with one attached hydrogen (secondary N) is 1. The van der Waals surface area contributed by atoms with Crippen molar-refractivity contribution in [3.8, 4) is 6.07 Å². The Morgan fingerprint density at radius 2 is 2.11 bits per heavy atom. The molecular weight excluding hydrogens is 254 g/mol. The van der Waals surface area contributed by atoms with E-state index >= 15 is 0 Å². The first-order valence-corrected chi connectivity index (χ1v) is 8.01. The van der Waals surface area contributed by atoms with E-state index in [1.54, 1.807) is 6.07 Å². The molecule has 4 heteroatoms. The minimum absolute atomic E-state index is 0.327. The summed E-state index contributed by atoms with van der Waals surface area (Å²) in [7, 11) is 0. The SMILES string of the molecule is CSC1(CNc2cccc(C#N)c2N)CCCCC1. The lowest BCUT2D eigenvalue weighted by atomic mass is 9.88. The van der Waals surface area contributed by atoms with Crippen molar-refractivity contribution in [3.05, 3.63) is 23.8 Å². The minimum atomic E-state index is 0.327. The number of nitrogens with two attached hydrogens (primary N) is 1. The van der Waals surface area contributed by atoms with E-state index in [1.807, 2.05) is 23.9 Å². The van der Waals surface area contributed by atoms with E-state index in [2.05, 4.69) is 17.6 Å². The van der Waals surface area contributed by atoms with E-state index in [0.717, 1.165) is 12.2 Å². The molecule has 0 unspecified atom stereocenters. The maximum atomic E-state index is 8.99. The molecule has 3 nitrogen and oxygen atoms in total. The Kier molecular flexibility index (Phi) is 4.60. The summed E-state index contributed by atoms with van der Waals surface area (Å²) < 4.78 is 0.327. The van der Waals surface area contributed by atoms with Crippen LogP contribution in [0.3, 0.4) is 0 Å². The van der Waals surface area contributed by atoms with Crippen LogP contribution < -0.4 is 11.1 Å². The molecule has 1 saturated carbocycles. The second kappa shape index (κ2) is 6.21. The number of nitrogens with zero attached hydrogens (tertiary/aromatic N) is 1. The van der Waals surface area contributed by atoms with E-state index in [4.69, 9.17) is 11.0 Å². The molecule has 0 saturated heterocycles. The summed E-state index contributed by atoms with van der Waals surface area (Å²) in [6.45, 7) is 0.924. The highest BCUT2D eigenvalue weighted by molar-refractivity contribution is 8.00. The lowest BCUT2D eigenvalue weighted by Gasteiger charge is -2.36. The summed E-state index contributed by atoms with van der Waals surface area (Å²) in [5.41, 5.74) is 8.00. The van der Waals surface area contributed by atoms with Crippen LogP contribution >= 0.6 is 11.8 Å². The van der Waals surface area contributed by atoms with Gasteiger partial charge in [0.25, 0.3) is 0 Å². The van der Waals surface area contributed by atoms with Gasteiger partial charge in [-0.05, 0) is 31.2 Å². The molecule has 0 atom stereocenters. The Hall–Kier alpha value is -1.34. The van der Waals surface area contributed by atoms with Crippen molar-refractivity contribution in [3.63, 3.8) is 0 Å². The van der Waals surface area contributed by atoms with Crippen LogP contribution in [0, 0.1) is 11.3 Å². The molecule has 0 amide bonds. The van der Waals surface area contributed by atoms with Crippen LogP contribution in [0.4, 0.5) is 11.4 Å². The van der Waals surface area contributed by atoms with Gasteiger partial charge in [-0.2, -0.15) is 17.0 Å². The Bertz CT molecular complexity index is 473. The van der Waals surface area contributed by atoms with Gasteiger partial charge in [-0.1, -0.05) is 25.3 Å². The number of benzene rings is 1.